The van der Waals surface area contributed by atoms with Gasteiger partial charge in [-0.05, 0) is 31.2 Å². The van der Waals surface area contributed by atoms with Gasteiger partial charge in [0.1, 0.15) is 10.9 Å². The van der Waals surface area contributed by atoms with Gasteiger partial charge in [-0.3, -0.25) is 4.68 Å². The van der Waals surface area contributed by atoms with E-state index in [-0.39, 0.29) is 11.6 Å². The first kappa shape index (κ1) is 15.3. The summed E-state index contributed by atoms with van der Waals surface area (Å²) in [6, 6.07) is 7.14. The summed E-state index contributed by atoms with van der Waals surface area (Å²) in [5.74, 6) is 0.366. The second-order valence-electron chi connectivity index (χ2n) is 4.98. The molecule has 0 bridgehead atoms. The number of hydrogen-bond acceptors (Lipinski definition) is 5. The number of cyclic esters (lactones) is 1. The van der Waals surface area contributed by atoms with E-state index in [2.05, 4.69) is 10.1 Å². The molecule has 2 aromatic rings. The molecule has 118 valence electrons. The second kappa shape index (κ2) is 5.89. The summed E-state index contributed by atoms with van der Waals surface area (Å²) in [5, 5.41) is 4.64. The SMILES string of the molecule is COc1cccc(C2=N/C(=C/c3c(C)nn(C)c3Cl)C(=O)O2)c1. The highest BCUT2D eigenvalue weighted by atomic mass is 35.5. The minimum Gasteiger partial charge on any atom is -0.497 e. The van der Waals surface area contributed by atoms with E-state index < -0.39 is 5.97 Å². The van der Waals surface area contributed by atoms with Gasteiger partial charge in [-0.1, -0.05) is 17.7 Å². The van der Waals surface area contributed by atoms with Crippen LogP contribution >= 0.6 is 11.6 Å². The number of hydrogen-bond donors (Lipinski definition) is 0. The minimum absolute atomic E-state index is 0.181. The summed E-state index contributed by atoms with van der Waals surface area (Å²) >= 11 is 6.17. The van der Waals surface area contributed by atoms with Crippen LogP contribution in [0.2, 0.25) is 5.15 Å². The largest absolute Gasteiger partial charge is 0.497 e. The van der Waals surface area contributed by atoms with E-state index in [0.717, 1.165) is 0 Å². The molecule has 1 aliphatic heterocycles. The first-order valence-electron chi connectivity index (χ1n) is 6.85. The number of halogens is 1. The summed E-state index contributed by atoms with van der Waals surface area (Å²) in [4.78, 5) is 16.3. The summed E-state index contributed by atoms with van der Waals surface area (Å²) in [6.07, 6.45) is 1.58. The van der Waals surface area contributed by atoms with Gasteiger partial charge in [0.15, 0.2) is 5.70 Å². The van der Waals surface area contributed by atoms with Gasteiger partial charge in [0.25, 0.3) is 0 Å². The quantitative estimate of drug-likeness (QED) is 0.640. The molecule has 0 unspecified atom stereocenters. The van der Waals surface area contributed by atoms with Crippen LogP contribution in [-0.2, 0) is 16.6 Å². The zero-order valence-corrected chi connectivity index (χ0v) is 13.6. The highest BCUT2D eigenvalue weighted by Crippen LogP contribution is 2.25. The lowest BCUT2D eigenvalue weighted by Crippen LogP contribution is -2.05. The van der Waals surface area contributed by atoms with Gasteiger partial charge in [-0.25, -0.2) is 9.79 Å². The Morgan fingerprint density at radius 2 is 2.17 bits per heavy atom. The van der Waals surface area contributed by atoms with E-state index in [9.17, 15) is 4.79 Å². The smallest absolute Gasteiger partial charge is 0.363 e. The Kier molecular flexibility index (Phi) is 3.92. The van der Waals surface area contributed by atoms with Crippen molar-refractivity contribution in [1.82, 2.24) is 9.78 Å². The van der Waals surface area contributed by atoms with Crippen molar-refractivity contribution < 1.29 is 14.3 Å². The van der Waals surface area contributed by atoms with Crippen molar-refractivity contribution in [3.8, 4) is 5.75 Å². The van der Waals surface area contributed by atoms with Crippen molar-refractivity contribution in [3.63, 3.8) is 0 Å². The number of methoxy groups -OCH3 is 1. The maximum atomic E-state index is 12.0. The van der Waals surface area contributed by atoms with E-state index in [1.165, 1.54) is 4.68 Å². The van der Waals surface area contributed by atoms with Crippen LogP contribution in [0.25, 0.3) is 6.08 Å². The van der Waals surface area contributed by atoms with Crippen LogP contribution in [0.15, 0.2) is 35.0 Å². The van der Waals surface area contributed by atoms with Crippen molar-refractivity contribution in [1.29, 1.82) is 0 Å². The van der Waals surface area contributed by atoms with Gasteiger partial charge in [-0.15, -0.1) is 0 Å². The molecular formula is C16H14ClN3O3. The summed E-state index contributed by atoms with van der Waals surface area (Å²) < 4.78 is 11.9. The number of aliphatic imine (C=N–C) groups is 1. The van der Waals surface area contributed by atoms with Gasteiger partial charge < -0.3 is 9.47 Å². The molecule has 23 heavy (non-hydrogen) atoms. The summed E-state index contributed by atoms with van der Waals surface area (Å²) in [7, 11) is 3.30. The van der Waals surface area contributed by atoms with Gasteiger partial charge in [0, 0.05) is 18.2 Å². The van der Waals surface area contributed by atoms with Crippen molar-refractivity contribution in [3.05, 3.63) is 51.9 Å². The van der Waals surface area contributed by atoms with Crippen LogP contribution < -0.4 is 4.74 Å². The maximum Gasteiger partial charge on any atom is 0.363 e. The standard InChI is InChI=1S/C16H14ClN3O3/c1-9-12(14(17)20(2)19-9)8-13-16(21)23-15(18-13)10-5-4-6-11(7-10)22-3/h4-8H,1-3H3/b13-8+. The molecule has 0 radical (unpaired) electrons. The van der Waals surface area contributed by atoms with Crippen LogP contribution in [0.5, 0.6) is 5.75 Å². The van der Waals surface area contributed by atoms with E-state index >= 15 is 0 Å². The molecule has 0 fully saturated rings. The Morgan fingerprint density at radius 1 is 1.39 bits per heavy atom. The van der Waals surface area contributed by atoms with Gasteiger partial charge in [-0.2, -0.15) is 5.10 Å². The topological polar surface area (TPSA) is 65.7 Å². The Hall–Kier alpha value is -2.60. The van der Waals surface area contributed by atoms with Gasteiger partial charge >= 0.3 is 5.97 Å². The number of aromatic nitrogens is 2. The fourth-order valence-electron chi connectivity index (χ4n) is 2.24. The van der Waals surface area contributed by atoms with Crippen LogP contribution in [0.4, 0.5) is 0 Å². The van der Waals surface area contributed by atoms with Crippen LogP contribution in [-0.4, -0.2) is 28.8 Å². The number of carbonyl (C=O) groups is 1. The first-order valence-corrected chi connectivity index (χ1v) is 7.23. The average Bonchev–Trinajstić information content (AvgIpc) is 3.03. The molecule has 1 aromatic carbocycles. The average molecular weight is 332 g/mol. The Bertz CT molecular complexity index is 852. The monoisotopic (exact) mass is 331 g/mol. The second-order valence-corrected chi connectivity index (χ2v) is 5.34. The number of carbonyl (C=O) groups excluding carboxylic acids is 1. The van der Waals surface area contributed by atoms with Crippen molar-refractivity contribution in [2.24, 2.45) is 12.0 Å². The molecule has 3 rings (SSSR count). The third kappa shape index (κ3) is 2.85. The number of nitrogens with zero attached hydrogens (tertiary/aromatic N) is 3. The van der Waals surface area contributed by atoms with Crippen LogP contribution in [0.3, 0.4) is 0 Å². The molecule has 1 aromatic heterocycles. The molecule has 1 aliphatic rings. The molecule has 7 heteroatoms. The molecule has 0 saturated carbocycles. The highest BCUT2D eigenvalue weighted by Gasteiger charge is 2.25. The fraction of sp³-hybridized carbons (Fsp3) is 0.188. The fourth-order valence-corrected chi connectivity index (χ4v) is 2.46. The Balaban J connectivity index is 1.99. The molecule has 6 nitrogen and oxygen atoms in total. The van der Waals surface area contributed by atoms with Crippen molar-refractivity contribution >= 4 is 29.5 Å². The molecule has 0 N–H and O–H groups in total. The van der Waals surface area contributed by atoms with Crippen molar-refractivity contribution in [2.45, 2.75) is 6.92 Å². The van der Waals surface area contributed by atoms with Crippen LogP contribution in [0, 0.1) is 6.92 Å². The lowest BCUT2D eigenvalue weighted by molar-refractivity contribution is -0.129. The number of rotatable bonds is 3. The highest BCUT2D eigenvalue weighted by molar-refractivity contribution is 6.31. The third-order valence-electron chi connectivity index (χ3n) is 3.41. The maximum absolute atomic E-state index is 12.0. The Labute approximate surface area is 138 Å². The van der Waals surface area contributed by atoms with Gasteiger partial charge in [0.2, 0.25) is 5.90 Å². The summed E-state index contributed by atoms with van der Waals surface area (Å²) in [6.45, 7) is 1.81. The summed E-state index contributed by atoms with van der Waals surface area (Å²) in [5.41, 5.74) is 2.20. The molecule has 2 heterocycles. The first-order chi connectivity index (χ1) is 11.0. The predicted octanol–water partition coefficient (Wildman–Crippen LogP) is 2.74. The number of benzene rings is 1. The van der Waals surface area contributed by atoms with E-state index in [1.807, 2.05) is 6.92 Å². The number of ether oxygens (including phenoxy) is 2. The molecule has 0 saturated heterocycles. The zero-order chi connectivity index (χ0) is 16.6. The van der Waals surface area contributed by atoms with E-state index in [4.69, 9.17) is 21.1 Å². The zero-order valence-electron chi connectivity index (χ0n) is 12.8. The van der Waals surface area contributed by atoms with E-state index in [1.54, 1.807) is 44.5 Å². The minimum atomic E-state index is -0.526. The van der Waals surface area contributed by atoms with E-state index in [0.29, 0.717) is 27.7 Å². The normalized spacial score (nSPS) is 15.7. The number of aryl methyl sites for hydroxylation is 2. The Morgan fingerprint density at radius 3 is 2.83 bits per heavy atom. The lowest BCUT2D eigenvalue weighted by atomic mass is 10.2. The van der Waals surface area contributed by atoms with Crippen molar-refractivity contribution in [2.75, 3.05) is 7.11 Å². The molecule has 0 aliphatic carbocycles. The predicted molar refractivity (Wildman–Crippen MR) is 86.6 cm³/mol. The number of esters is 1. The molecular weight excluding hydrogens is 318 g/mol. The molecule has 0 amide bonds. The molecule has 0 atom stereocenters. The van der Waals surface area contributed by atoms with Gasteiger partial charge in [0.05, 0.1) is 12.8 Å². The van der Waals surface area contributed by atoms with Crippen LogP contribution in [0.1, 0.15) is 16.8 Å². The molecule has 0 spiro atoms. The third-order valence-corrected chi connectivity index (χ3v) is 3.86. The lowest BCUT2D eigenvalue weighted by Gasteiger charge is -2.02.